The highest BCUT2D eigenvalue weighted by Gasteiger charge is 2.14. The smallest absolute Gasteiger partial charge is 0.253 e. The minimum Gasteiger partial charge on any atom is -0.486 e. The quantitative estimate of drug-likeness (QED) is 0.418. The molecule has 1 aromatic heterocycles. The topological polar surface area (TPSA) is 123 Å². The lowest BCUT2D eigenvalue weighted by Crippen LogP contribution is -2.29. The van der Waals surface area contributed by atoms with Crippen molar-refractivity contribution in [1.29, 1.82) is 0 Å². The van der Waals surface area contributed by atoms with Crippen LogP contribution in [0.3, 0.4) is 0 Å². The lowest BCUT2D eigenvalue weighted by atomic mass is 10.1. The number of thiazole rings is 1. The Morgan fingerprint density at radius 2 is 1.84 bits per heavy atom. The van der Waals surface area contributed by atoms with E-state index in [0.29, 0.717) is 27.7 Å². The molecule has 1 heterocycles. The van der Waals surface area contributed by atoms with Crippen molar-refractivity contribution in [1.82, 2.24) is 10.3 Å². The van der Waals surface area contributed by atoms with Crippen molar-refractivity contribution in [3.63, 3.8) is 0 Å². The molecule has 0 spiro atoms. The van der Waals surface area contributed by atoms with E-state index in [2.05, 4.69) is 15.6 Å². The summed E-state index contributed by atoms with van der Waals surface area (Å²) in [5.74, 6) is -0.544. The predicted octanol–water partition coefficient (Wildman–Crippen LogP) is 3.16. The van der Waals surface area contributed by atoms with Gasteiger partial charge in [-0.1, -0.05) is 23.7 Å². The highest BCUT2D eigenvalue weighted by molar-refractivity contribution is 7.09. The Morgan fingerprint density at radius 1 is 1.09 bits per heavy atom. The zero-order chi connectivity index (χ0) is 22.9. The van der Waals surface area contributed by atoms with Crippen molar-refractivity contribution in [2.24, 2.45) is 5.73 Å². The SMILES string of the molecule is NC(=O)CCNC(=O)c1ccccc1NC(=O)Cc1csc(COc2ccc(Cl)cc2)n1. The molecular formula is C22H21ClN4O4S. The average Bonchev–Trinajstić information content (AvgIpc) is 3.20. The van der Waals surface area contributed by atoms with E-state index in [1.807, 2.05) is 0 Å². The standard InChI is InChI=1S/C22H21ClN4O4S/c23-14-5-7-16(8-6-14)31-12-21-26-15(13-32-21)11-20(29)27-18-4-2-1-3-17(18)22(30)25-10-9-19(24)28/h1-8,13H,9-12H2,(H2,24,28)(H,25,30)(H,27,29). The van der Waals surface area contributed by atoms with Gasteiger partial charge in [-0.2, -0.15) is 0 Å². The van der Waals surface area contributed by atoms with Crippen molar-refractivity contribution in [2.45, 2.75) is 19.4 Å². The molecule has 0 bridgehead atoms. The van der Waals surface area contributed by atoms with E-state index in [4.69, 9.17) is 22.1 Å². The van der Waals surface area contributed by atoms with E-state index in [-0.39, 0.29) is 31.9 Å². The number of carbonyl (C=O) groups is 3. The van der Waals surface area contributed by atoms with Crippen LogP contribution in [0.1, 0.15) is 27.5 Å². The number of aromatic nitrogens is 1. The van der Waals surface area contributed by atoms with Gasteiger partial charge in [-0.25, -0.2) is 4.98 Å². The first-order chi connectivity index (χ1) is 15.4. The van der Waals surface area contributed by atoms with Gasteiger partial charge in [0.25, 0.3) is 5.91 Å². The number of anilines is 1. The second kappa shape index (κ2) is 11.3. The molecule has 3 rings (SSSR count). The molecule has 10 heteroatoms. The summed E-state index contributed by atoms with van der Waals surface area (Å²) in [6.07, 6.45) is 0.0865. The van der Waals surface area contributed by atoms with Crippen LogP contribution in [0, 0.1) is 0 Å². The van der Waals surface area contributed by atoms with Gasteiger partial charge in [0, 0.05) is 23.4 Å². The van der Waals surface area contributed by atoms with Crippen LogP contribution in [0.2, 0.25) is 5.02 Å². The number of amides is 3. The highest BCUT2D eigenvalue weighted by Crippen LogP contribution is 2.19. The number of rotatable bonds is 10. The second-order valence-electron chi connectivity index (χ2n) is 6.72. The number of hydrogen-bond donors (Lipinski definition) is 3. The van der Waals surface area contributed by atoms with Gasteiger partial charge in [-0.05, 0) is 36.4 Å². The average molecular weight is 473 g/mol. The summed E-state index contributed by atoms with van der Waals surface area (Å²) in [5.41, 5.74) is 6.34. The maximum absolute atomic E-state index is 12.5. The predicted molar refractivity (Wildman–Crippen MR) is 123 cm³/mol. The van der Waals surface area contributed by atoms with E-state index < -0.39 is 11.8 Å². The third kappa shape index (κ3) is 7.07. The molecule has 0 saturated heterocycles. The molecule has 32 heavy (non-hydrogen) atoms. The number of carbonyl (C=O) groups excluding carboxylic acids is 3. The molecule has 3 aromatic rings. The van der Waals surface area contributed by atoms with Crippen molar-refractivity contribution in [3.05, 3.63) is 75.2 Å². The molecule has 0 fully saturated rings. The number of primary amides is 1. The van der Waals surface area contributed by atoms with Crippen LogP contribution in [0.25, 0.3) is 0 Å². The van der Waals surface area contributed by atoms with Gasteiger partial charge in [0.2, 0.25) is 11.8 Å². The van der Waals surface area contributed by atoms with Gasteiger partial charge in [0.15, 0.2) is 0 Å². The summed E-state index contributed by atoms with van der Waals surface area (Å²) in [6.45, 7) is 0.401. The summed E-state index contributed by atoms with van der Waals surface area (Å²) >= 11 is 7.25. The van der Waals surface area contributed by atoms with Gasteiger partial charge in [-0.3, -0.25) is 14.4 Å². The lowest BCUT2D eigenvalue weighted by molar-refractivity contribution is -0.118. The number of halogens is 1. The number of nitrogens with zero attached hydrogens (tertiary/aromatic N) is 1. The molecule has 3 amide bonds. The van der Waals surface area contributed by atoms with Crippen molar-refractivity contribution in [3.8, 4) is 5.75 Å². The summed E-state index contributed by atoms with van der Waals surface area (Å²) in [4.78, 5) is 40.1. The largest absolute Gasteiger partial charge is 0.486 e. The number of benzene rings is 2. The molecule has 2 aromatic carbocycles. The molecule has 8 nitrogen and oxygen atoms in total. The van der Waals surface area contributed by atoms with Crippen molar-refractivity contribution in [2.75, 3.05) is 11.9 Å². The van der Waals surface area contributed by atoms with E-state index in [1.54, 1.807) is 53.9 Å². The molecule has 0 radical (unpaired) electrons. The summed E-state index contributed by atoms with van der Waals surface area (Å²) in [7, 11) is 0. The Morgan fingerprint density at radius 3 is 2.59 bits per heavy atom. The fourth-order valence-corrected chi connectivity index (χ4v) is 3.55. The second-order valence-corrected chi connectivity index (χ2v) is 8.10. The fourth-order valence-electron chi connectivity index (χ4n) is 2.72. The number of nitrogens with two attached hydrogens (primary N) is 1. The molecule has 0 aliphatic rings. The molecule has 166 valence electrons. The van der Waals surface area contributed by atoms with E-state index in [0.717, 1.165) is 5.01 Å². The van der Waals surface area contributed by atoms with Gasteiger partial charge < -0.3 is 21.1 Å². The zero-order valence-electron chi connectivity index (χ0n) is 17.0. The van der Waals surface area contributed by atoms with Crippen LogP contribution in [0.5, 0.6) is 5.75 Å². The van der Waals surface area contributed by atoms with Crippen LogP contribution in [0.15, 0.2) is 53.9 Å². The maximum atomic E-state index is 12.5. The Kier molecular flexibility index (Phi) is 8.18. The van der Waals surface area contributed by atoms with Gasteiger partial charge in [0.05, 0.1) is 23.4 Å². The normalized spacial score (nSPS) is 10.4. The number of ether oxygens (including phenoxy) is 1. The maximum Gasteiger partial charge on any atom is 0.253 e. The Labute approximate surface area is 193 Å². The minimum atomic E-state index is -0.506. The molecular weight excluding hydrogens is 452 g/mol. The van der Waals surface area contributed by atoms with Crippen LogP contribution in [0.4, 0.5) is 5.69 Å². The van der Waals surface area contributed by atoms with Crippen LogP contribution in [-0.2, 0) is 22.6 Å². The molecule has 0 saturated carbocycles. The first-order valence-corrected chi connectivity index (χ1v) is 10.9. The summed E-state index contributed by atoms with van der Waals surface area (Å²) in [6, 6.07) is 13.6. The third-order valence-electron chi connectivity index (χ3n) is 4.22. The molecule has 0 atom stereocenters. The molecule has 4 N–H and O–H groups in total. The van der Waals surface area contributed by atoms with Gasteiger partial charge in [0.1, 0.15) is 17.4 Å². The molecule has 0 aliphatic carbocycles. The number of hydrogen-bond acceptors (Lipinski definition) is 6. The monoisotopic (exact) mass is 472 g/mol. The number of para-hydroxylation sites is 1. The summed E-state index contributed by atoms with van der Waals surface area (Å²) in [5, 5.41) is 8.50. The van der Waals surface area contributed by atoms with Crippen molar-refractivity contribution < 1.29 is 19.1 Å². The zero-order valence-corrected chi connectivity index (χ0v) is 18.5. The van der Waals surface area contributed by atoms with Crippen molar-refractivity contribution >= 4 is 46.3 Å². The summed E-state index contributed by atoms with van der Waals surface area (Å²) < 4.78 is 5.67. The first-order valence-electron chi connectivity index (χ1n) is 9.68. The Bertz CT molecular complexity index is 1100. The fraction of sp³-hybridized carbons (Fsp3) is 0.182. The van der Waals surface area contributed by atoms with Crippen LogP contribution < -0.4 is 21.1 Å². The van der Waals surface area contributed by atoms with E-state index >= 15 is 0 Å². The number of nitrogens with one attached hydrogen (secondary N) is 2. The van der Waals surface area contributed by atoms with Gasteiger partial charge >= 0.3 is 0 Å². The van der Waals surface area contributed by atoms with E-state index in [9.17, 15) is 14.4 Å². The third-order valence-corrected chi connectivity index (χ3v) is 5.34. The highest BCUT2D eigenvalue weighted by atomic mass is 35.5. The first kappa shape index (κ1) is 23.2. The molecule has 0 unspecified atom stereocenters. The Balaban J connectivity index is 1.54. The van der Waals surface area contributed by atoms with Crippen LogP contribution >= 0.6 is 22.9 Å². The Hall–Kier alpha value is -3.43. The van der Waals surface area contributed by atoms with Crippen LogP contribution in [-0.4, -0.2) is 29.3 Å². The van der Waals surface area contributed by atoms with E-state index in [1.165, 1.54) is 11.3 Å². The van der Waals surface area contributed by atoms with Gasteiger partial charge in [-0.15, -0.1) is 11.3 Å². The lowest BCUT2D eigenvalue weighted by Gasteiger charge is -2.11. The molecule has 0 aliphatic heterocycles. The minimum absolute atomic E-state index is 0.0359.